The fourth-order valence-corrected chi connectivity index (χ4v) is 5.32. The lowest BCUT2D eigenvalue weighted by Gasteiger charge is -2.47. The van der Waals surface area contributed by atoms with Crippen LogP contribution in [0.5, 0.6) is 0 Å². The van der Waals surface area contributed by atoms with Crippen LogP contribution in [0, 0.1) is 19.8 Å². The van der Waals surface area contributed by atoms with Gasteiger partial charge in [-0.25, -0.2) is 0 Å². The number of aryl methyl sites for hydroxylation is 2. The van der Waals surface area contributed by atoms with E-state index in [9.17, 15) is 9.59 Å². The zero-order valence-electron chi connectivity index (χ0n) is 19.2. The first-order chi connectivity index (χ1) is 16.0. The molecule has 0 aliphatic carbocycles. The van der Waals surface area contributed by atoms with Crippen molar-refractivity contribution < 1.29 is 14.0 Å². The van der Waals surface area contributed by atoms with Gasteiger partial charge in [-0.05, 0) is 74.9 Å². The van der Waals surface area contributed by atoms with E-state index in [1.165, 1.54) is 6.26 Å². The van der Waals surface area contributed by atoms with E-state index in [0.29, 0.717) is 31.3 Å². The Morgan fingerprint density at radius 2 is 1.88 bits per heavy atom. The van der Waals surface area contributed by atoms with E-state index >= 15 is 0 Å². The summed E-state index contributed by atoms with van der Waals surface area (Å²) in [5.41, 5.74) is 3.99. The molecule has 7 heteroatoms. The standard InChI is InChI=1S/C26H30N4O3/c1-18-15-19(2)30(27-18)16-20-7-9-21(10-8-20)25(31)29-12-3-5-22-17-28(13-11-23(22)29)26(32)24-6-4-14-33-24/h4,6-10,14-15,22-23H,3,5,11-13,16-17H2,1-2H3/t22-,23+/m1/s1. The minimum Gasteiger partial charge on any atom is -0.459 e. The molecule has 2 aromatic heterocycles. The van der Waals surface area contributed by atoms with Gasteiger partial charge in [0.05, 0.1) is 18.5 Å². The molecule has 4 heterocycles. The maximum atomic E-state index is 13.4. The third-order valence-corrected chi connectivity index (χ3v) is 6.98. The molecule has 2 aliphatic heterocycles. The van der Waals surface area contributed by atoms with Gasteiger partial charge in [0.15, 0.2) is 5.76 Å². The molecule has 2 saturated heterocycles. The van der Waals surface area contributed by atoms with Gasteiger partial charge < -0.3 is 14.2 Å². The molecule has 1 aromatic carbocycles. The molecular weight excluding hydrogens is 416 g/mol. The van der Waals surface area contributed by atoms with E-state index in [2.05, 4.69) is 18.1 Å². The minimum absolute atomic E-state index is 0.0555. The first-order valence-electron chi connectivity index (χ1n) is 11.7. The molecule has 3 aromatic rings. The van der Waals surface area contributed by atoms with Crippen LogP contribution in [0.15, 0.2) is 53.1 Å². The number of hydrogen-bond acceptors (Lipinski definition) is 4. The topological polar surface area (TPSA) is 71.6 Å². The molecule has 2 aliphatic rings. The highest BCUT2D eigenvalue weighted by molar-refractivity contribution is 5.94. The number of hydrogen-bond donors (Lipinski definition) is 0. The maximum Gasteiger partial charge on any atom is 0.289 e. The number of furan rings is 1. The van der Waals surface area contributed by atoms with Gasteiger partial charge in [0, 0.05) is 36.9 Å². The van der Waals surface area contributed by atoms with Gasteiger partial charge in [-0.15, -0.1) is 0 Å². The van der Waals surface area contributed by atoms with Crippen molar-refractivity contribution in [1.29, 1.82) is 0 Å². The Morgan fingerprint density at radius 1 is 1.06 bits per heavy atom. The third-order valence-electron chi connectivity index (χ3n) is 6.98. The van der Waals surface area contributed by atoms with Crippen LogP contribution in [0.25, 0.3) is 0 Å². The monoisotopic (exact) mass is 446 g/mol. The number of piperidine rings is 2. The van der Waals surface area contributed by atoms with Crippen molar-refractivity contribution in [2.24, 2.45) is 5.92 Å². The summed E-state index contributed by atoms with van der Waals surface area (Å²) in [5, 5.41) is 4.52. The molecule has 33 heavy (non-hydrogen) atoms. The zero-order chi connectivity index (χ0) is 22.9. The Morgan fingerprint density at radius 3 is 2.58 bits per heavy atom. The molecule has 0 saturated carbocycles. The maximum absolute atomic E-state index is 13.4. The molecule has 0 spiro atoms. The van der Waals surface area contributed by atoms with Crippen molar-refractivity contribution in [3.05, 3.63) is 77.0 Å². The molecule has 2 atom stereocenters. The van der Waals surface area contributed by atoms with Gasteiger partial charge in [0.1, 0.15) is 0 Å². The highest BCUT2D eigenvalue weighted by Gasteiger charge is 2.39. The fraction of sp³-hybridized carbons (Fsp3) is 0.423. The van der Waals surface area contributed by atoms with Crippen LogP contribution in [-0.4, -0.2) is 57.1 Å². The molecular formula is C26H30N4O3. The molecule has 0 N–H and O–H groups in total. The quantitative estimate of drug-likeness (QED) is 0.609. The summed E-state index contributed by atoms with van der Waals surface area (Å²) >= 11 is 0. The first kappa shape index (κ1) is 21.5. The SMILES string of the molecule is Cc1cc(C)n(Cc2ccc(C(=O)N3CCC[C@@H]4CN(C(=O)c5ccco5)CC[C@@H]43)cc2)n1. The van der Waals surface area contributed by atoms with Crippen LogP contribution in [0.4, 0.5) is 0 Å². The Kier molecular flexibility index (Phi) is 5.79. The largest absolute Gasteiger partial charge is 0.459 e. The molecule has 2 fully saturated rings. The summed E-state index contributed by atoms with van der Waals surface area (Å²) in [4.78, 5) is 30.0. The van der Waals surface area contributed by atoms with Gasteiger partial charge in [-0.2, -0.15) is 5.10 Å². The number of likely N-dealkylation sites (tertiary alicyclic amines) is 2. The number of amides is 2. The van der Waals surface area contributed by atoms with Gasteiger partial charge in [0.2, 0.25) is 0 Å². The Bertz CT molecular complexity index is 1130. The van der Waals surface area contributed by atoms with E-state index in [1.807, 2.05) is 45.7 Å². The molecule has 7 nitrogen and oxygen atoms in total. The number of aromatic nitrogens is 2. The zero-order valence-corrected chi connectivity index (χ0v) is 19.2. The Balaban J connectivity index is 1.25. The number of fused-ring (bicyclic) bond motifs is 1. The molecule has 0 radical (unpaired) electrons. The van der Waals surface area contributed by atoms with E-state index in [4.69, 9.17) is 4.42 Å². The number of carbonyl (C=O) groups excluding carboxylic acids is 2. The third kappa shape index (κ3) is 4.32. The van der Waals surface area contributed by atoms with Crippen molar-refractivity contribution >= 4 is 11.8 Å². The van der Waals surface area contributed by atoms with Crippen molar-refractivity contribution in [2.45, 2.75) is 45.7 Å². The average molecular weight is 447 g/mol. The summed E-state index contributed by atoms with van der Waals surface area (Å²) < 4.78 is 7.28. The van der Waals surface area contributed by atoms with Crippen LogP contribution in [-0.2, 0) is 6.54 Å². The van der Waals surface area contributed by atoms with Crippen molar-refractivity contribution in [3.8, 4) is 0 Å². The lowest BCUT2D eigenvalue weighted by atomic mass is 9.83. The Labute approximate surface area is 194 Å². The number of rotatable bonds is 4. The number of carbonyl (C=O) groups is 2. The summed E-state index contributed by atoms with van der Waals surface area (Å²) in [7, 11) is 0. The summed E-state index contributed by atoms with van der Waals surface area (Å²) in [5.74, 6) is 0.728. The summed E-state index contributed by atoms with van der Waals surface area (Å²) in [6.45, 7) is 6.84. The van der Waals surface area contributed by atoms with Crippen LogP contribution >= 0.6 is 0 Å². The molecule has 0 bridgehead atoms. The van der Waals surface area contributed by atoms with Crippen LogP contribution in [0.1, 0.15) is 57.1 Å². The van der Waals surface area contributed by atoms with Crippen LogP contribution in [0.3, 0.4) is 0 Å². The second-order valence-corrected chi connectivity index (χ2v) is 9.27. The first-order valence-corrected chi connectivity index (χ1v) is 11.7. The van der Waals surface area contributed by atoms with E-state index in [0.717, 1.165) is 48.3 Å². The van der Waals surface area contributed by atoms with Gasteiger partial charge in [-0.3, -0.25) is 14.3 Å². The Hall–Kier alpha value is -3.35. The van der Waals surface area contributed by atoms with Gasteiger partial charge in [-0.1, -0.05) is 12.1 Å². The van der Waals surface area contributed by atoms with E-state index in [-0.39, 0.29) is 17.9 Å². The minimum atomic E-state index is -0.0555. The van der Waals surface area contributed by atoms with E-state index in [1.54, 1.807) is 12.1 Å². The number of nitrogens with zero attached hydrogens (tertiary/aromatic N) is 4. The number of benzene rings is 1. The lowest BCUT2D eigenvalue weighted by Crippen LogP contribution is -2.56. The van der Waals surface area contributed by atoms with Crippen molar-refractivity contribution in [1.82, 2.24) is 19.6 Å². The summed E-state index contributed by atoms with van der Waals surface area (Å²) in [6, 6.07) is 13.6. The highest BCUT2D eigenvalue weighted by Crippen LogP contribution is 2.32. The smallest absolute Gasteiger partial charge is 0.289 e. The average Bonchev–Trinajstić information content (AvgIpc) is 3.47. The predicted octanol–water partition coefficient (Wildman–Crippen LogP) is 3.91. The van der Waals surface area contributed by atoms with Gasteiger partial charge >= 0.3 is 0 Å². The second kappa shape index (κ2) is 8.89. The van der Waals surface area contributed by atoms with Crippen molar-refractivity contribution in [3.63, 3.8) is 0 Å². The fourth-order valence-electron chi connectivity index (χ4n) is 5.32. The predicted molar refractivity (Wildman–Crippen MR) is 124 cm³/mol. The van der Waals surface area contributed by atoms with Crippen LogP contribution < -0.4 is 0 Å². The molecule has 2 amide bonds. The van der Waals surface area contributed by atoms with Crippen LogP contribution in [0.2, 0.25) is 0 Å². The van der Waals surface area contributed by atoms with Gasteiger partial charge in [0.25, 0.3) is 11.8 Å². The normalized spacial score (nSPS) is 20.5. The summed E-state index contributed by atoms with van der Waals surface area (Å²) in [6.07, 6.45) is 4.34. The highest BCUT2D eigenvalue weighted by atomic mass is 16.3. The molecule has 5 rings (SSSR count). The molecule has 0 unspecified atom stereocenters. The lowest BCUT2D eigenvalue weighted by molar-refractivity contribution is 0.0187. The van der Waals surface area contributed by atoms with E-state index < -0.39 is 0 Å². The second-order valence-electron chi connectivity index (χ2n) is 9.27. The molecule has 172 valence electrons. The van der Waals surface area contributed by atoms with Crippen molar-refractivity contribution in [2.75, 3.05) is 19.6 Å².